The number of hydrazine groups is 1. The summed E-state index contributed by atoms with van der Waals surface area (Å²) in [5.74, 6) is 5.34. The molecule has 0 spiro atoms. The predicted octanol–water partition coefficient (Wildman–Crippen LogP) is 0.440. The van der Waals surface area contributed by atoms with E-state index in [0.29, 0.717) is 6.67 Å². The van der Waals surface area contributed by atoms with E-state index < -0.39 is 0 Å². The highest BCUT2D eigenvalue weighted by Crippen LogP contribution is 2.04. The number of nitrogens with zero attached hydrogens (tertiary/aromatic N) is 2. The second-order valence-electron chi connectivity index (χ2n) is 1.48. The Bertz CT molecular complexity index is 140. The fourth-order valence-electron chi connectivity index (χ4n) is 0.455. The zero-order valence-corrected chi connectivity index (χ0v) is 5.80. The average molecular weight is 176 g/mol. The highest BCUT2D eigenvalue weighted by atomic mass is 79.9. The Morgan fingerprint density at radius 1 is 1.88 bits per heavy atom. The average Bonchev–Trinajstić information content (AvgIpc) is 1.64. The number of halogens is 1. The highest BCUT2D eigenvalue weighted by Gasteiger charge is 1.95. The monoisotopic (exact) mass is 175 g/mol. The molecule has 0 unspecified atom stereocenters. The molecule has 0 aromatic carbocycles. The van der Waals surface area contributed by atoms with Gasteiger partial charge in [-0.15, -0.1) is 0 Å². The molecule has 0 aromatic rings. The zero-order chi connectivity index (χ0) is 5.98. The Morgan fingerprint density at radius 2 is 2.62 bits per heavy atom. The standard InChI is InChI=1S/C4H6BrN3/c5-4-1-7-3-8(6)2-4/h1-2H,3,6H2. The lowest BCUT2D eigenvalue weighted by atomic mass is 10.6. The van der Waals surface area contributed by atoms with Gasteiger partial charge in [0, 0.05) is 12.4 Å². The van der Waals surface area contributed by atoms with Crippen LogP contribution < -0.4 is 5.84 Å². The van der Waals surface area contributed by atoms with Crippen molar-refractivity contribution in [2.75, 3.05) is 6.67 Å². The van der Waals surface area contributed by atoms with Crippen LogP contribution in [0.25, 0.3) is 0 Å². The smallest absolute Gasteiger partial charge is 0.124 e. The van der Waals surface area contributed by atoms with E-state index in [2.05, 4.69) is 20.9 Å². The maximum absolute atomic E-state index is 5.34. The second kappa shape index (κ2) is 2.28. The first-order valence-electron chi connectivity index (χ1n) is 2.17. The minimum atomic E-state index is 0.551. The first-order chi connectivity index (χ1) is 3.79. The number of hydrogen-bond donors (Lipinski definition) is 1. The van der Waals surface area contributed by atoms with Crippen molar-refractivity contribution in [2.45, 2.75) is 0 Å². The first-order valence-corrected chi connectivity index (χ1v) is 2.97. The molecule has 3 nitrogen and oxygen atoms in total. The molecule has 1 rings (SSSR count). The van der Waals surface area contributed by atoms with Crippen LogP contribution in [0.2, 0.25) is 0 Å². The minimum absolute atomic E-state index is 0.551. The Hall–Kier alpha value is -0.350. The van der Waals surface area contributed by atoms with Crippen LogP contribution >= 0.6 is 15.9 Å². The van der Waals surface area contributed by atoms with Gasteiger partial charge in [-0.25, -0.2) is 5.84 Å². The topological polar surface area (TPSA) is 41.6 Å². The predicted molar refractivity (Wildman–Crippen MR) is 36.4 cm³/mol. The van der Waals surface area contributed by atoms with Crippen molar-refractivity contribution < 1.29 is 0 Å². The van der Waals surface area contributed by atoms with Crippen LogP contribution in [0.5, 0.6) is 0 Å². The molecule has 4 heteroatoms. The summed E-state index contributed by atoms with van der Waals surface area (Å²) >= 11 is 3.22. The van der Waals surface area contributed by atoms with E-state index in [1.54, 1.807) is 12.4 Å². The summed E-state index contributed by atoms with van der Waals surface area (Å²) in [5, 5.41) is 1.50. The number of aliphatic imine (C=N–C) groups is 1. The lowest BCUT2D eigenvalue weighted by Gasteiger charge is -2.12. The number of allylic oxidation sites excluding steroid dienone is 1. The summed E-state index contributed by atoms with van der Waals surface area (Å²) < 4.78 is 0.909. The molecule has 1 aliphatic rings. The molecule has 1 heterocycles. The van der Waals surface area contributed by atoms with Crippen molar-refractivity contribution >= 4 is 22.1 Å². The van der Waals surface area contributed by atoms with E-state index >= 15 is 0 Å². The third kappa shape index (κ3) is 1.31. The lowest BCUT2D eigenvalue weighted by molar-refractivity contribution is 0.405. The molecular weight excluding hydrogens is 170 g/mol. The van der Waals surface area contributed by atoms with E-state index in [-0.39, 0.29) is 0 Å². The van der Waals surface area contributed by atoms with Gasteiger partial charge in [0.15, 0.2) is 0 Å². The maximum atomic E-state index is 5.34. The van der Waals surface area contributed by atoms with E-state index in [1.165, 1.54) is 5.01 Å². The Kier molecular flexibility index (Phi) is 1.65. The fourth-order valence-corrected chi connectivity index (χ4v) is 0.863. The molecule has 0 radical (unpaired) electrons. The molecule has 0 fully saturated rings. The van der Waals surface area contributed by atoms with Gasteiger partial charge in [-0.3, -0.25) is 10.0 Å². The van der Waals surface area contributed by atoms with Gasteiger partial charge >= 0.3 is 0 Å². The van der Waals surface area contributed by atoms with Gasteiger partial charge in [0.05, 0.1) is 4.48 Å². The maximum Gasteiger partial charge on any atom is 0.124 e. The van der Waals surface area contributed by atoms with Gasteiger partial charge in [0.1, 0.15) is 6.67 Å². The van der Waals surface area contributed by atoms with Crippen molar-refractivity contribution in [3.8, 4) is 0 Å². The molecule has 0 aliphatic carbocycles. The molecule has 44 valence electrons. The van der Waals surface area contributed by atoms with E-state index in [4.69, 9.17) is 5.84 Å². The van der Waals surface area contributed by atoms with Gasteiger partial charge in [0.25, 0.3) is 0 Å². The molecule has 8 heavy (non-hydrogen) atoms. The van der Waals surface area contributed by atoms with Gasteiger partial charge in [-0.05, 0) is 15.9 Å². The summed E-state index contributed by atoms with van der Waals surface area (Å²) in [6.45, 7) is 0.551. The molecule has 0 aromatic heterocycles. The molecule has 0 saturated carbocycles. The quantitative estimate of drug-likeness (QED) is 0.544. The number of hydrogen-bond acceptors (Lipinski definition) is 3. The van der Waals surface area contributed by atoms with Crippen molar-refractivity contribution in [1.29, 1.82) is 0 Å². The zero-order valence-electron chi connectivity index (χ0n) is 4.21. The molecule has 1 aliphatic heterocycles. The molecule has 0 saturated heterocycles. The first kappa shape index (κ1) is 5.78. The molecule has 0 amide bonds. The molecule has 0 bridgehead atoms. The van der Waals surface area contributed by atoms with E-state index in [1.807, 2.05) is 0 Å². The van der Waals surface area contributed by atoms with Gasteiger partial charge in [-0.2, -0.15) is 0 Å². The third-order valence-corrected chi connectivity index (χ3v) is 1.16. The lowest BCUT2D eigenvalue weighted by Crippen LogP contribution is -2.27. The Labute approximate surface area is 56.0 Å². The summed E-state index contributed by atoms with van der Waals surface area (Å²) in [4.78, 5) is 3.90. The highest BCUT2D eigenvalue weighted by molar-refractivity contribution is 9.12. The summed E-state index contributed by atoms with van der Waals surface area (Å²) in [6.07, 6.45) is 3.50. The van der Waals surface area contributed by atoms with Crippen molar-refractivity contribution in [3.63, 3.8) is 0 Å². The Balaban J connectivity index is 2.63. The fraction of sp³-hybridized carbons (Fsp3) is 0.250. The Morgan fingerprint density at radius 3 is 3.00 bits per heavy atom. The largest absolute Gasteiger partial charge is 0.296 e. The van der Waals surface area contributed by atoms with E-state index in [9.17, 15) is 0 Å². The minimum Gasteiger partial charge on any atom is -0.296 e. The van der Waals surface area contributed by atoms with Crippen LogP contribution in [-0.2, 0) is 0 Å². The van der Waals surface area contributed by atoms with Crippen LogP contribution in [0.1, 0.15) is 0 Å². The summed E-state index contributed by atoms with van der Waals surface area (Å²) in [7, 11) is 0. The van der Waals surface area contributed by atoms with Crippen molar-refractivity contribution in [3.05, 3.63) is 10.7 Å². The number of rotatable bonds is 0. The van der Waals surface area contributed by atoms with Crippen molar-refractivity contribution in [1.82, 2.24) is 5.01 Å². The third-order valence-electron chi connectivity index (χ3n) is 0.749. The number of nitrogens with two attached hydrogens (primary N) is 1. The normalized spacial score (nSPS) is 18.8. The van der Waals surface area contributed by atoms with E-state index in [0.717, 1.165) is 4.48 Å². The van der Waals surface area contributed by atoms with Crippen LogP contribution in [-0.4, -0.2) is 17.9 Å². The summed E-state index contributed by atoms with van der Waals surface area (Å²) in [6, 6.07) is 0. The molecule has 2 N–H and O–H groups in total. The van der Waals surface area contributed by atoms with Crippen LogP contribution in [0, 0.1) is 0 Å². The SMILES string of the molecule is NN1C=C(Br)C=NC1. The van der Waals surface area contributed by atoms with Crippen LogP contribution in [0.4, 0.5) is 0 Å². The van der Waals surface area contributed by atoms with Gasteiger partial charge in [-0.1, -0.05) is 0 Å². The summed E-state index contributed by atoms with van der Waals surface area (Å²) in [5.41, 5.74) is 0. The molecule has 0 atom stereocenters. The second-order valence-corrected chi connectivity index (χ2v) is 2.40. The van der Waals surface area contributed by atoms with Gasteiger partial charge in [0.2, 0.25) is 0 Å². The van der Waals surface area contributed by atoms with Crippen LogP contribution in [0.15, 0.2) is 15.7 Å². The van der Waals surface area contributed by atoms with Crippen LogP contribution in [0.3, 0.4) is 0 Å². The van der Waals surface area contributed by atoms with Gasteiger partial charge < -0.3 is 0 Å². The molecular formula is C4H6BrN3. The van der Waals surface area contributed by atoms with Crippen molar-refractivity contribution in [2.24, 2.45) is 10.8 Å².